The van der Waals surface area contributed by atoms with E-state index in [4.69, 9.17) is 4.74 Å². The topological polar surface area (TPSA) is 47.0 Å². The van der Waals surface area contributed by atoms with Crippen LogP contribution in [-0.4, -0.2) is 16.5 Å². The molecule has 1 heterocycles. The minimum absolute atomic E-state index is 0.283. The van der Waals surface area contributed by atoms with Crippen LogP contribution in [0.2, 0.25) is 0 Å². The fourth-order valence-corrected chi connectivity index (χ4v) is 1.98. The van der Waals surface area contributed by atoms with Crippen molar-refractivity contribution in [3.05, 3.63) is 46.6 Å². The first-order chi connectivity index (χ1) is 9.69. The van der Waals surface area contributed by atoms with E-state index in [0.717, 1.165) is 18.8 Å². The highest BCUT2D eigenvalue weighted by atomic mass is 79.9. The van der Waals surface area contributed by atoms with Crippen molar-refractivity contribution in [2.75, 3.05) is 11.9 Å². The minimum Gasteiger partial charge on any atom is -0.486 e. The van der Waals surface area contributed by atoms with E-state index < -0.39 is 0 Å². The summed E-state index contributed by atoms with van der Waals surface area (Å²) < 4.78 is 19.1. The van der Waals surface area contributed by atoms with Gasteiger partial charge in [-0.2, -0.15) is 0 Å². The number of rotatable bonds is 6. The Hall–Kier alpha value is -1.69. The van der Waals surface area contributed by atoms with E-state index in [9.17, 15) is 4.39 Å². The number of nitrogens with one attached hydrogen (secondary N) is 1. The number of benzene rings is 1. The van der Waals surface area contributed by atoms with Gasteiger partial charge in [0, 0.05) is 6.54 Å². The summed E-state index contributed by atoms with van der Waals surface area (Å²) in [4.78, 5) is 8.49. The van der Waals surface area contributed by atoms with Crippen molar-refractivity contribution in [1.29, 1.82) is 0 Å². The van der Waals surface area contributed by atoms with Crippen LogP contribution in [0.3, 0.4) is 0 Å². The highest BCUT2D eigenvalue weighted by molar-refractivity contribution is 9.10. The smallest absolute Gasteiger partial charge is 0.144 e. The van der Waals surface area contributed by atoms with Crippen molar-refractivity contribution in [1.82, 2.24) is 9.97 Å². The summed E-state index contributed by atoms with van der Waals surface area (Å²) in [5.41, 5.74) is 0.711. The Morgan fingerprint density at radius 3 is 2.80 bits per heavy atom. The number of anilines is 1. The summed E-state index contributed by atoms with van der Waals surface area (Å²) in [5, 5.41) is 3.15. The van der Waals surface area contributed by atoms with Crippen molar-refractivity contribution in [2.24, 2.45) is 0 Å². The zero-order valence-electron chi connectivity index (χ0n) is 11.1. The number of aromatic nitrogens is 2. The van der Waals surface area contributed by atoms with Crippen LogP contribution in [0, 0.1) is 5.82 Å². The fourth-order valence-electron chi connectivity index (χ4n) is 1.52. The number of ether oxygens (including phenoxy) is 1. The molecule has 1 aromatic heterocycles. The number of nitrogens with zero attached hydrogens (tertiary/aromatic N) is 2. The van der Waals surface area contributed by atoms with Gasteiger partial charge in [-0.05, 0) is 40.5 Å². The molecule has 0 aliphatic heterocycles. The van der Waals surface area contributed by atoms with Crippen LogP contribution >= 0.6 is 15.9 Å². The normalized spacial score (nSPS) is 10.3. The maximum absolute atomic E-state index is 12.9. The highest BCUT2D eigenvalue weighted by Crippen LogP contribution is 2.26. The lowest BCUT2D eigenvalue weighted by Gasteiger charge is -2.08. The molecule has 0 amide bonds. The molecule has 6 heteroatoms. The lowest BCUT2D eigenvalue weighted by Crippen LogP contribution is -2.04. The van der Waals surface area contributed by atoms with Gasteiger partial charge in [-0.3, -0.25) is 4.98 Å². The van der Waals surface area contributed by atoms with Crippen LogP contribution in [0.1, 0.15) is 19.0 Å². The Kier molecular flexibility index (Phi) is 5.29. The largest absolute Gasteiger partial charge is 0.486 e. The van der Waals surface area contributed by atoms with Gasteiger partial charge in [-0.1, -0.05) is 6.92 Å². The number of halogens is 2. The summed E-state index contributed by atoms with van der Waals surface area (Å²) in [6.45, 7) is 3.24. The molecule has 0 fully saturated rings. The van der Waals surface area contributed by atoms with Crippen molar-refractivity contribution < 1.29 is 9.13 Å². The molecular weight excluding hydrogens is 325 g/mol. The van der Waals surface area contributed by atoms with Gasteiger partial charge in [0.15, 0.2) is 0 Å². The van der Waals surface area contributed by atoms with Crippen molar-refractivity contribution in [2.45, 2.75) is 20.0 Å². The molecule has 4 nitrogen and oxygen atoms in total. The average Bonchev–Trinajstić information content (AvgIpc) is 2.45. The quantitative estimate of drug-likeness (QED) is 0.869. The van der Waals surface area contributed by atoms with Gasteiger partial charge in [0.25, 0.3) is 0 Å². The molecule has 1 aromatic carbocycles. The molecular formula is C14H15BrFN3O. The van der Waals surface area contributed by atoms with Gasteiger partial charge in [0.2, 0.25) is 0 Å². The third kappa shape index (κ3) is 4.16. The van der Waals surface area contributed by atoms with Crippen molar-refractivity contribution in [3.63, 3.8) is 0 Å². The van der Waals surface area contributed by atoms with E-state index in [-0.39, 0.29) is 12.4 Å². The predicted molar refractivity (Wildman–Crippen MR) is 79.2 cm³/mol. The van der Waals surface area contributed by atoms with Gasteiger partial charge in [0.1, 0.15) is 24.0 Å². The average molecular weight is 340 g/mol. The van der Waals surface area contributed by atoms with E-state index in [1.54, 1.807) is 18.5 Å². The maximum Gasteiger partial charge on any atom is 0.144 e. The lowest BCUT2D eigenvalue weighted by molar-refractivity contribution is 0.298. The van der Waals surface area contributed by atoms with E-state index in [1.807, 2.05) is 0 Å². The Morgan fingerprint density at radius 2 is 2.15 bits per heavy atom. The molecule has 0 saturated carbocycles. The number of hydrogen-bond donors (Lipinski definition) is 1. The van der Waals surface area contributed by atoms with Gasteiger partial charge in [-0.25, -0.2) is 9.37 Å². The molecule has 106 valence electrons. The van der Waals surface area contributed by atoms with Crippen LogP contribution in [-0.2, 0) is 6.61 Å². The molecule has 20 heavy (non-hydrogen) atoms. The molecule has 0 radical (unpaired) electrons. The molecule has 0 spiro atoms. The lowest BCUT2D eigenvalue weighted by atomic mass is 10.3. The van der Waals surface area contributed by atoms with Crippen LogP contribution in [0.25, 0.3) is 0 Å². The first-order valence-electron chi connectivity index (χ1n) is 6.31. The summed E-state index contributed by atoms with van der Waals surface area (Å²) in [5.74, 6) is 1.01. The van der Waals surface area contributed by atoms with Gasteiger partial charge in [-0.15, -0.1) is 0 Å². The van der Waals surface area contributed by atoms with E-state index in [0.29, 0.717) is 15.9 Å². The van der Waals surface area contributed by atoms with E-state index in [1.165, 1.54) is 12.1 Å². The zero-order valence-corrected chi connectivity index (χ0v) is 12.7. The Labute approximate surface area is 125 Å². The molecule has 2 aromatic rings. The van der Waals surface area contributed by atoms with Crippen molar-refractivity contribution >= 4 is 21.7 Å². The zero-order chi connectivity index (χ0) is 14.4. The Bertz CT molecular complexity index is 563. The second kappa shape index (κ2) is 7.19. The predicted octanol–water partition coefficient (Wildman–Crippen LogP) is 3.78. The monoisotopic (exact) mass is 339 g/mol. The summed E-state index contributed by atoms with van der Waals surface area (Å²) in [7, 11) is 0. The molecule has 1 N–H and O–H groups in total. The van der Waals surface area contributed by atoms with Crippen LogP contribution in [0.15, 0.2) is 35.1 Å². The van der Waals surface area contributed by atoms with Gasteiger partial charge in [0.05, 0.1) is 22.6 Å². The fraction of sp³-hybridized carbons (Fsp3) is 0.286. The first-order valence-corrected chi connectivity index (χ1v) is 7.11. The number of hydrogen-bond acceptors (Lipinski definition) is 4. The van der Waals surface area contributed by atoms with Crippen molar-refractivity contribution in [3.8, 4) is 5.75 Å². The SMILES string of the molecule is CCCNc1cnc(COc2ccc(F)cc2Br)cn1. The van der Waals surface area contributed by atoms with Crippen LogP contribution in [0.5, 0.6) is 5.75 Å². The summed E-state index contributed by atoms with van der Waals surface area (Å²) in [6.07, 6.45) is 4.37. The third-order valence-corrected chi connectivity index (χ3v) is 3.15. The molecule has 0 atom stereocenters. The molecule has 0 unspecified atom stereocenters. The second-order valence-electron chi connectivity index (χ2n) is 4.18. The molecule has 0 aliphatic carbocycles. The molecule has 0 bridgehead atoms. The van der Waals surface area contributed by atoms with Gasteiger partial charge >= 0.3 is 0 Å². The van der Waals surface area contributed by atoms with E-state index in [2.05, 4.69) is 38.1 Å². The molecule has 0 aliphatic rings. The van der Waals surface area contributed by atoms with Gasteiger partial charge < -0.3 is 10.1 Å². The Morgan fingerprint density at radius 1 is 1.30 bits per heavy atom. The maximum atomic E-state index is 12.9. The summed E-state index contributed by atoms with van der Waals surface area (Å²) >= 11 is 3.25. The summed E-state index contributed by atoms with van der Waals surface area (Å²) in [6, 6.07) is 4.28. The first kappa shape index (κ1) is 14.7. The molecule has 2 rings (SSSR count). The minimum atomic E-state index is -0.310. The highest BCUT2D eigenvalue weighted by Gasteiger charge is 2.04. The third-order valence-electron chi connectivity index (χ3n) is 2.53. The molecule has 0 saturated heterocycles. The van der Waals surface area contributed by atoms with Crippen LogP contribution < -0.4 is 10.1 Å². The van der Waals surface area contributed by atoms with Crippen LogP contribution in [0.4, 0.5) is 10.2 Å². The Balaban J connectivity index is 1.93. The standard InChI is InChI=1S/C14H15BrFN3O/c1-2-5-17-14-8-18-11(7-19-14)9-20-13-4-3-10(16)6-12(13)15/h3-4,6-8H,2,5,9H2,1H3,(H,17,19). The van der Waals surface area contributed by atoms with E-state index >= 15 is 0 Å². The second-order valence-corrected chi connectivity index (χ2v) is 5.04.